The fourth-order valence-electron chi connectivity index (χ4n) is 0.544. The first-order valence-corrected chi connectivity index (χ1v) is 2.23. The summed E-state index contributed by atoms with van der Waals surface area (Å²) in [5, 5.41) is 0. The Morgan fingerprint density at radius 3 is 2.71 bits per heavy atom. The Morgan fingerprint density at radius 1 is 1.86 bits per heavy atom. The van der Waals surface area contributed by atoms with Crippen molar-refractivity contribution >= 4 is 13.4 Å². The van der Waals surface area contributed by atoms with Crippen LogP contribution in [0.15, 0.2) is 12.5 Å². The SMILES string of the molecule is Bc1cn(C)cn1. The van der Waals surface area contributed by atoms with Crippen molar-refractivity contribution in [2.24, 2.45) is 7.05 Å². The number of hydrogen-bond acceptors (Lipinski definition) is 1. The molecule has 0 aliphatic heterocycles. The van der Waals surface area contributed by atoms with Gasteiger partial charge in [0, 0.05) is 18.8 Å². The van der Waals surface area contributed by atoms with Crippen molar-refractivity contribution in [1.29, 1.82) is 0 Å². The van der Waals surface area contributed by atoms with E-state index < -0.39 is 0 Å². The lowest BCUT2D eigenvalue weighted by atomic mass is 10.1. The molecule has 0 aliphatic rings. The van der Waals surface area contributed by atoms with E-state index >= 15 is 0 Å². The first-order chi connectivity index (χ1) is 3.29. The highest BCUT2D eigenvalue weighted by Gasteiger charge is 1.81. The van der Waals surface area contributed by atoms with E-state index in [2.05, 4.69) is 4.98 Å². The minimum absolute atomic E-state index is 1.07. The summed E-state index contributed by atoms with van der Waals surface area (Å²) < 4.78 is 1.93. The Hall–Kier alpha value is -0.725. The highest BCUT2D eigenvalue weighted by molar-refractivity contribution is 6.30. The molecule has 0 bridgehead atoms. The standard InChI is InChI=1S/C4H7BN2/c1-7-2-4(5)6-3-7/h2-3H,5H2,1H3. The van der Waals surface area contributed by atoms with Gasteiger partial charge < -0.3 is 4.57 Å². The zero-order valence-corrected chi connectivity index (χ0v) is 4.55. The van der Waals surface area contributed by atoms with Crippen LogP contribution in [0.3, 0.4) is 0 Å². The van der Waals surface area contributed by atoms with Crippen LogP contribution in [-0.2, 0) is 7.05 Å². The summed E-state index contributed by atoms with van der Waals surface area (Å²) in [6, 6.07) is 0. The molecule has 0 amide bonds. The van der Waals surface area contributed by atoms with Crippen LogP contribution in [0.1, 0.15) is 0 Å². The van der Waals surface area contributed by atoms with Gasteiger partial charge in [0.1, 0.15) is 0 Å². The molecule has 1 aromatic heterocycles. The minimum Gasteiger partial charge on any atom is -0.341 e. The van der Waals surface area contributed by atoms with Crippen molar-refractivity contribution in [3.8, 4) is 0 Å². The van der Waals surface area contributed by atoms with Crippen LogP contribution in [0.2, 0.25) is 0 Å². The van der Waals surface area contributed by atoms with Gasteiger partial charge in [-0.15, -0.1) is 0 Å². The van der Waals surface area contributed by atoms with Gasteiger partial charge in [0.2, 0.25) is 0 Å². The molecule has 0 fully saturated rings. The molecule has 36 valence electrons. The normalized spacial score (nSPS) is 9.29. The van der Waals surface area contributed by atoms with Gasteiger partial charge in [-0.05, 0) is 0 Å². The summed E-state index contributed by atoms with van der Waals surface area (Å²) in [5.41, 5.74) is 1.07. The smallest absolute Gasteiger partial charge is 0.165 e. The van der Waals surface area contributed by atoms with Gasteiger partial charge in [-0.3, -0.25) is 4.98 Å². The average Bonchev–Trinajstić information content (AvgIpc) is 1.87. The highest BCUT2D eigenvalue weighted by atomic mass is 15.0. The molecule has 0 N–H and O–H groups in total. The molecule has 0 spiro atoms. The van der Waals surface area contributed by atoms with E-state index in [9.17, 15) is 0 Å². The molecule has 7 heavy (non-hydrogen) atoms. The third-order valence-electron chi connectivity index (χ3n) is 0.834. The van der Waals surface area contributed by atoms with E-state index in [-0.39, 0.29) is 0 Å². The van der Waals surface area contributed by atoms with Crippen LogP contribution in [0.25, 0.3) is 0 Å². The van der Waals surface area contributed by atoms with Crippen LogP contribution in [0.5, 0.6) is 0 Å². The van der Waals surface area contributed by atoms with Crippen LogP contribution < -0.4 is 5.59 Å². The van der Waals surface area contributed by atoms with Gasteiger partial charge in [-0.25, -0.2) is 0 Å². The first kappa shape index (κ1) is 4.43. The number of rotatable bonds is 0. The summed E-state index contributed by atoms with van der Waals surface area (Å²) in [5.74, 6) is 0. The Kier molecular flexibility index (Phi) is 0.892. The molecule has 0 saturated carbocycles. The third kappa shape index (κ3) is 0.826. The first-order valence-electron chi connectivity index (χ1n) is 2.23. The molecule has 0 aromatic carbocycles. The van der Waals surface area contributed by atoms with Gasteiger partial charge in [-0.1, -0.05) is 0 Å². The van der Waals surface area contributed by atoms with Gasteiger partial charge >= 0.3 is 0 Å². The fourth-order valence-corrected chi connectivity index (χ4v) is 0.544. The summed E-state index contributed by atoms with van der Waals surface area (Å²) in [6.07, 6.45) is 3.76. The van der Waals surface area contributed by atoms with Crippen LogP contribution in [0.4, 0.5) is 0 Å². The molecule has 1 rings (SSSR count). The number of imidazole rings is 1. The summed E-state index contributed by atoms with van der Waals surface area (Å²) in [7, 11) is 3.93. The maximum absolute atomic E-state index is 3.98. The van der Waals surface area contributed by atoms with Crippen LogP contribution in [-0.4, -0.2) is 17.4 Å². The Labute approximate surface area is 43.6 Å². The van der Waals surface area contributed by atoms with Gasteiger partial charge in [0.05, 0.1) is 6.33 Å². The van der Waals surface area contributed by atoms with Crippen molar-refractivity contribution in [1.82, 2.24) is 9.55 Å². The highest BCUT2D eigenvalue weighted by Crippen LogP contribution is 1.70. The molecule has 0 unspecified atom stereocenters. The number of aromatic nitrogens is 2. The minimum atomic E-state index is 1.07. The molecular weight excluding hydrogens is 86.9 g/mol. The lowest BCUT2D eigenvalue weighted by Gasteiger charge is -1.78. The van der Waals surface area contributed by atoms with E-state index in [1.54, 1.807) is 6.33 Å². The van der Waals surface area contributed by atoms with Crippen LogP contribution in [0, 0.1) is 0 Å². The maximum atomic E-state index is 3.98. The van der Waals surface area contributed by atoms with Crippen molar-refractivity contribution in [3.63, 3.8) is 0 Å². The maximum Gasteiger partial charge on any atom is 0.165 e. The average molecular weight is 93.9 g/mol. The lowest BCUT2D eigenvalue weighted by molar-refractivity contribution is 0.914. The molecule has 3 heteroatoms. The second-order valence-electron chi connectivity index (χ2n) is 1.68. The zero-order valence-electron chi connectivity index (χ0n) is 4.55. The van der Waals surface area contributed by atoms with Gasteiger partial charge in [-0.2, -0.15) is 0 Å². The molecule has 0 aliphatic carbocycles. The Balaban J connectivity index is 3.04. The number of aryl methyl sites for hydroxylation is 1. The van der Waals surface area contributed by atoms with Crippen molar-refractivity contribution in [2.45, 2.75) is 0 Å². The summed E-state index contributed by atoms with van der Waals surface area (Å²) in [6.45, 7) is 0. The van der Waals surface area contributed by atoms with Crippen LogP contribution >= 0.6 is 0 Å². The lowest BCUT2D eigenvalue weighted by Crippen LogP contribution is -2.00. The van der Waals surface area contributed by atoms with Crippen molar-refractivity contribution in [2.75, 3.05) is 0 Å². The molecule has 2 nitrogen and oxygen atoms in total. The van der Waals surface area contributed by atoms with E-state index in [1.807, 2.05) is 25.7 Å². The molecule has 0 atom stereocenters. The number of nitrogens with zero attached hydrogens (tertiary/aromatic N) is 2. The Morgan fingerprint density at radius 2 is 2.57 bits per heavy atom. The second kappa shape index (κ2) is 1.41. The predicted molar refractivity (Wildman–Crippen MR) is 31.4 cm³/mol. The van der Waals surface area contributed by atoms with E-state index in [4.69, 9.17) is 0 Å². The molecule has 1 aromatic rings. The Bertz CT molecular complexity index is 142. The van der Waals surface area contributed by atoms with E-state index in [0.717, 1.165) is 5.59 Å². The van der Waals surface area contributed by atoms with Crippen molar-refractivity contribution < 1.29 is 0 Å². The fraction of sp³-hybridized carbons (Fsp3) is 0.250. The second-order valence-corrected chi connectivity index (χ2v) is 1.68. The number of hydrogen-bond donors (Lipinski definition) is 0. The summed E-state index contributed by atoms with van der Waals surface area (Å²) >= 11 is 0. The summed E-state index contributed by atoms with van der Waals surface area (Å²) in [4.78, 5) is 3.98. The quantitative estimate of drug-likeness (QED) is 0.364. The molecule has 0 radical (unpaired) electrons. The third-order valence-corrected chi connectivity index (χ3v) is 0.834. The van der Waals surface area contributed by atoms with Gasteiger partial charge in [0.15, 0.2) is 7.85 Å². The van der Waals surface area contributed by atoms with Gasteiger partial charge in [0.25, 0.3) is 0 Å². The zero-order chi connectivity index (χ0) is 5.28. The van der Waals surface area contributed by atoms with E-state index in [0.29, 0.717) is 0 Å². The topological polar surface area (TPSA) is 17.8 Å². The predicted octanol–water partition coefficient (Wildman–Crippen LogP) is -1.32. The molecule has 0 saturated heterocycles. The largest absolute Gasteiger partial charge is 0.341 e. The molecule has 1 heterocycles. The monoisotopic (exact) mass is 94.1 g/mol. The molecular formula is C4H7BN2. The van der Waals surface area contributed by atoms with Crippen molar-refractivity contribution in [3.05, 3.63) is 12.5 Å². The van der Waals surface area contributed by atoms with E-state index in [1.165, 1.54) is 0 Å².